The van der Waals surface area contributed by atoms with Gasteiger partial charge in [0.25, 0.3) is 0 Å². The molecule has 1 atom stereocenters. The Morgan fingerprint density at radius 2 is 2.33 bits per heavy atom. The van der Waals surface area contributed by atoms with Crippen molar-refractivity contribution in [3.8, 4) is 0 Å². The van der Waals surface area contributed by atoms with Gasteiger partial charge in [-0.2, -0.15) is 0 Å². The van der Waals surface area contributed by atoms with Crippen LogP contribution in [0, 0.1) is 6.92 Å². The van der Waals surface area contributed by atoms with Crippen LogP contribution in [0.4, 0.5) is 0 Å². The summed E-state index contributed by atoms with van der Waals surface area (Å²) in [7, 11) is 0. The molecule has 0 N–H and O–H groups in total. The average molecular weight is 344 g/mol. The van der Waals surface area contributed by atoms with Crippen molar-refractivity contribution in [2.75, 3.05) is 18.8 Å². The molecule has 4 nitrogen and oxygen atoms in total. The summed E-state index contributed by atoms with van der Waals surface area (Å²) >= 11 is 1.98. The zero-order valence-electron chi connectivity index (χ0n) is 14.2. The van der Waals surface area contributed by atoms with Crippen molar-refractivity contribution in [2.24, 2.45) is 0 Å². The first-order chi connectivity index (χ1) is 11.6. The first kappa shape index (κ1) is 16.2. The average Bonchev–Trinajstić information content (AvgIpc) is 3.21. The van der Waals surface area contributed by atoms with Crippen LogP contribution in [0.1, 0.15) is 37.1 Å². The van der Waals surface area contributed by atoms with Crippen molar-refractivity contribution in [3.63, 3.8) is 0 Å². The molecule has 5 heteroatoms. The maximum Gasteiger partial charge on any atom is 0.249 e. The lowest BCUT2D eigenvalue weighted by molar-refractivity contribution is -0.132. The summed E-state index contributed by atoms with van der Waals surface area (Å²) in [6.45, 7) is 4.36. The molecule has 1 amide bonds. The number of carbonyl (C=O) groups is 1. The number of hydrogen-bond acceptors (Lipinski definition) is 4. The monoisotopic (exact) mass is 344 g/mol. The molecule has 24 heavy (non-hydrogen) atoms. The molecule has 3 heterocycles. The summed E-state index contributed by atoms with van der Waals surface area (Å²) in [6, 6.07) is 6.05. The van der Waals surface area contributed by atoms with Crippen molar-refractivity contribution < 1.29 is 9.53 Å². The Kier molecular flexibility index (Phi) is 4.39. The molecule has 4 rings (SSSR count). The summed E-state index contributed by atoms with van der Waals surface area (Å²) in [6.07, 6.45) is 6.61. The first-order valence-corrected chi connectivity index (χ1v) is 9.79. The normalized spacial score (nSPS) is 25.0. The van der Waals surface area contributed by atoms with Crippen LogP contribution in [0.5, 0.6) is 0 Å². The molecule has 2 saturated heterocycles. The van der Waals surface area contributed by atoms with Crippen LogP contribution < -0.4 is 0 Å². The van der Waals surface area contributed by atoms with Gasteiger partial charge in [0.05, 0.1) is 23.2 Å². The highest BCUT2D eigenvalue weighted by atomic mass is 32.2. The maximum absolute atomic E-state index is 12.4. The van der Waals surface area contributed by atoms with E-state index in [0.717, 1.165) is 61.5 Å². The highest BCUT2D eigenvalue weighted by Crippen LogP contribution is 2.46. The van der Waals surface area contributed by atoms with E-state index in [1.165, 1.54) is 0 Å². The van der Waals surface area contributed by atoms with Gasteiger partial charge in [-0.3, -0.25) is 9.78 Å². The van der Waals surface area contributed by atoms with Gasteiger partial charge in [0.15, 0.2) is 0 Å². The Hall–Kier alpha value is -1.33. The fraction of sp³-hybridized carbons (Fsp3) is 0.579. The SMILES string of the molecule is Cc1cccc(CO[C@H]2CSC3(C2)CN(C(=O)C2=CCCC2)C3)n1. The summed E-state index contributed by atoms with van der Waals surface area (Å²) in [5.74, 6) is 1.29. The zero-order chi connectivity index (χ0) is 16.6. The minimum atomic E-state index is 0.236. The van der Waals surface area contributed by atoms with Gasteiger partial charge in [0.2, 0.25) is 5.91 Å². The van der Waals surface area contributed by atoms with E-state index in [0.29, 0.717) is 6.61 Å². The third-order valence-corrected chi connectivity index (χ3v) is 6.72. The Morgan fingerprint density at radius 3 is 3.08 bits per heavy atom. The summed E-state index contributed by atoms with van der Waals surface area (Å²) in [5.41, 5.74) is 3.06. The number of carbonyl (C=O) groups excluding carboxylic acids is 1. The Labute approximate surface area is 147 Å². The lowest BCUT2D eigenvalue weighted by atomic mass is 9.92. The third kappa shape index (κ3) is 3.24. The Bertz CT molecular complexity index is 667. The lowest BCUT2D eigenvalue weighted by Crippen LogP contribution is -2.61. The molecule has 0 saturated carbocycles. The van der Waals surface area contributed by atoms with Crippen LogP contribution in [0.15, 0.2) is 29.8 Å². The van der Waals surface area contributed by atoms with Crippen molar-refractivity contribution in [1.29, 1.82) is 0 Å². The van der Waals surface area contributed by atoms with E-state index in [2.05, 4.69) is 11.1 Å². The molecule has 1 aromatic heterocycles. The molecule has 1 spiro atoms. The fourth-order valence-corrected chi connectivity index (χ4v) is 5.43. The predicted octanol–water partition coefficient (Wildman–Crippen LogP) is 3.10. The molecular formula is C19H24N2O2S. The van der Waals surface area contributed by atoms with E-state index < -0.39 is 0 Å². The van der Waals surface area contributed by atoms with Crippen LogP contribution >= 0.6 is 11.8 Å². The van der Waals surface area contributed by atoms with E-state index in [4.69, 9.17) is 4.74 Å². The first-order valence-electron chi connectivity index (χ1n) is 8.80. The van der Waals surface area contributed by atoms with Crippen LogP contribution in [-0.2, 0) is 16.1 Å². The third-order valence-electron chi connectivity index (χ3n) is 5.15. The van der Waals surface area contributed by atoms with Crippen LogP contribution in [0.25, 0.3) is 0 Å². The second kappa shape index (κ2) is 6.52. The number of likely N-dealkylation sites (tertiary alicyclic amines) is 1. The van der Waals surface area contributed by atoms with Gasteiger partial charge < -0.3 is 9.64 Å². The molecule has 1 aliphatic carbocycles. The molecule has 128 valence electrons. The van der Waals surface area contributed by atoms with Crippen molar-refractivity contribution in [3.05, 3.63) is 41.2 Å². The largest absolute Gasteiger partial charge is 0.371 e. The Morgan fingerprint density at radius 1 is 1.46 bits per heavy atom. The van der Waals surface area contributed by atoms with E-state index in [9.17, 15) is 4.79 Å². The van der Waals surface area contributed by atoms with Crippen molar-refractivity contribution >= 4 is 17.7 Å². The highest BCUT2D eigenvalue weighted by molar-refractivity contribution is 8.01. The van der Waals surface area contributed by atoms with Crippen LogP contribution in [0.3, 0.4) is 0 Å². The second-order valence-corrected chi connectivity index (χ2v) is 8.67. The lowest BCUT2D eigenvalue weighted by Gasteiger charge is -2.47. The number of rotatable bonds is 4. The van der Waals surface area contributed by atoms with Gasteiger partial charge in [-0.25, -0.2) is 0 Å². The molecule has 0 aromatic carbocycles. The summed E-state index contributed by atoms with van der Waals surface area (Å²) in [4.78, 5) is 18.9. The quantitative estimate of drug-likeness (QED) is 0.842. The highest BCUT2D eigenvalue weighted by Gasteiger charge is 2.51. The van der Waals surface area contributed by atoms with Crippen LogP contribution in [-0.4, -0.2) is 45.5 Å². The molecule has 1 aromatic rings. The topological polar surface area (TPSA) is 42.4 Å². The number of allylic oxidation sites excluding steroid dienone is 1. The van der Waals surface area contributed by atoms with Crippen molar-refractivity contribution in [2.45, 2.75) is 50.1 Å². The minimum absolute atomic E-state index is 0.236. The van der Waals surface area contributed by atoms with Gasteiger partial charge in [0, 0.05) is 30.1 Å². The fourth-order valence-electron chi connectivity index (χ4n) is 3.87. The summed E-state index contributed by atoms with van der Waals surface area (Å²) in [5, 5.41) is 0. The number of ether oxygens (including phenoxy) is 1. The standard InChI is InChI=1S/C19H24N2O2S/c1-14-5-4-8-16(20-14)10-23-17-9-19(24-11-17)12-21(13-19)18(22)15-6-2-3-7-15/h4-6,8,17H,2-3,7,9-13H2,1H3/t17-/m1/s1. The minimum Gasteiger partial charge on any atom is -0.371 e. The molecule has 3 aliphatic rings. The molecule has 0 unspecified atom stereocenters. The molecule has 0 bridgehead atoms. The zero-order valence-corrected chi connectivity index (χ0v) is 15.0. The van der Waals surface area contributed by atoms with Gasteiger partial charge in [-0.05, 0) is 44.7 Å². The van der Waals surface area contributed by atoms with E-state index in [-0.39, 0.29) is 16.8 Å². The van der Waals surface area contributed by atoms with Crippen LogP contribution in [0.2, 0.25) is 0 Å². The number of amides is 1. The van der Waals surface area contributed by atoms with Crippen molar-refractivity contribution in [1.82, 2.24) is 9.88 Å². The molecule has 0 radical (unpaired) electrons. The number of aromatic nitrogens is 1. The van der Waals surface area contributed by atoms with Gasteiger partial charge in [-0.15, -0.1) is 11.8 Å². The summed E-state index contributed by atoms with van der Waals surface area (Å²) < 4.78 is 6.31. The molecular weight excluding hydrogens is 320 g/mol. The van der Waals surface area contributed by atoms with Gasteiger partial charge in [0.1, 0.15) is 0 Å². The number of thioether (sulfide) groups is 1. The smallest absolute Gasteiger partial charge is 0.249 e. The maximum atomic E-state index is 12.4. The number of aryl methyl sites for hydroxylation is 1. The van der Waals surface area contributed by atoms with Gasteiger partial charge >= 0.3 is 0 Å². The number of pyridine rings is 1. The van der Waals surface area contributed by atoms with Gasteiger partial charge in [-0.1, -0.05) is 12.1 Å². The number of nitrogens with zero attached hydrogens (tertiary/aromatic N) is 2. The second-order valence-electron chi connectivity index (χ2n) is 7.18. The molecule has 2 fully saturated rings. The Balaban J connectivity index is 1.26. The van der Waals surface area contributed by atoms with E-state index in [1.807, 2.05) is 41.8 Å². The van der Waals surface area contributed by atoms with E-state index >= 15 is 0 Å². The van der Waals surface area contributed by atoms with E-state index in [1.54, 1.807) is 0 Å². The number of hydrogen-bond donors (Lipinski definition) is 0. The molecule has 2 aliphatic heterocycles. The predicted molar refractivity (Wildman–Crippen MR) is 95.9 cm³/mol.